The molecular weight excluding hydrogens is 74.1 g/mol. The van der Waals surface area contributed by atoms with Crippen molar-refractivity contribution >= 4 is 0 Å². The molecule has 37 valence electrons. The van der Waals surface area contributed by atoms with Crippen molar-refractivity contribution in [1.82, 2.24) is 5.32 Å². The summed E-state index contributed by atoms with van der Waals surface area (Å²) in [7, 11) is 3.35. The molecule has 0 heterocycles. The minimum atomic E-state index is 0.927. The maximum Gasteiger partial charge on any atom is -0.0204 e. The molecule has 1 radical (unpaired) electrons. The molecule has 0 aliphatic heterocycles. The van der Waals surface area contributed by atoms with Crippen molar-refractivity contribution in [2.24, 2.45) is 0 Å². The van der Waals surface area contributed by atoms with Gasteiger partial charge >= 0.3 is 0 Å². The van der Waals surface area contributed by atoms with Crippen LogP contribution >= 0.6 is 0 Å². The molecule has 0 atom stereocenters. The third kappa shape index (κ3) is 3.96. The summed E-state index contributed by atoms with van der Waals surface area (Å²) < 4.78 is 0. The van der Waals surface area contributed by atoms with Gasteiger partial charge in [-0.15, -0.1) is 0 Å². The molecule has 1 nitrogen and oxygen atoms in total. The highest BCUT2D eigenvalue weighted by Gasteiger charge is 1.70. The molecule has 0 aliphatic carbocycles. The fourth-order valence-corrected chi connectivity index (χ4v) is 0.270. The van der Waals surface area contributed by atoms with E-state index in [4.69, 9.17) is 0 Å². The number of hydrogen-bond donors (Lipinski definition) is 0. The molecule has 1 heteroatoms. The van der Waals surface area contributed by atoms with Crippen LogP contribution in [0, 0.1) is 7.05 Å². The van der Waals surface area contributed by atoms with Gasteiger partial charge in [-0.05, 0) is 13.0 Å². The Bertz CT molecular complexity index is 15.9. The van der Waals surface area contributed by atoms with Crippen LogP contribution in [-0.2, 0) is 0 Å². The quantitative estimate of drug-likeness (QED) is 0.361. The SMILES string of the molecule is [CH2-][N]CCCC. The summed E-state index contributed by atoms with van der Waals surface area (Å²) >= 11 is 0. The van der Waals surface area contributed by atoms with Gasteiger partial charge in [-0.25, -0.2) is 0 Å². The highest BCUT2D eigenvalue weighted by molar-refractivity contribution is 4.38. The van der Waals surface area contributed by atoms with E-state index in [1.165, 1.54) is 12.8 Å². The molecule has 0 saturated heterocycles. The third-order valence-corrected chi connectivity index (χ3v) is 0.670. The smallest absolute Gasteiger partial charge is 0.0204 e. The van der Waals surface area contributed by atoms with Gasteiger partial charge in [0.1, 0.15) is 0 Å². The average molecular weight is 85.2 g/mol. The first kappa shape index (κ1) is 5.96. The van der Waals surface area contributed by atoms with Crippen LogP contribution in [0.15, 0.2) is 0 Å². The summed E-state index contributed by atoms with van der Waals surface area (Å²) in [6, 6.07) is 0. The van der Waals surface area contributed by atoms with Crippen molar-refractivity contribution in [2.75, 3.05) is 6.54 Å². The molecule has 0 fully saturated rings. The molecule has 6 heavy (non-hydrogen) atoms. The van der Waals surface area contributed by atoms with Crippen LogP contribution in [0.25, 0.3) is 0 Å². The molecule has 0 unspecified atom stereocenters. The molecule has 0 spiro atoms. The van der Waals surface area contributed by atoms with Crippen LogP contribution in [0.4, 0.5) is 0 Å². The van der Waals surface area contributed by atoms with Crippen LogP contribution in [0.3, 0.4) is 0 Å². The summed E-state index contributed by atoms with van der Waals surface area (Å²) in [6.45, 7) is 3.07. The van der Waals surface area contributed by atoms with E-state index in [2.05, 4.69) is 19.3 Å². The van der Waals surface area contributed by atoms with Crippen molar-refractivity contribution in [3.05, 3.63) is 7.05 Å². The summed E-state index contributed by atoms with van der Waals surface area (Å²) in [6.07, 6.45) is 2.41. The van der Waals surface area contributed by atoms with Crippen molar-refractivity contribution in [1.29, 1.82) is 0 Å². The summed E-state index contributed by atoms with van der Waals surface area (Å²) in [5.41, 5.74) is 0. The fraction of sp³-hybridized carbons (Fsp3) is 0.800. The van der Waals surface area contributed by atoms with E-state index >= 15 is 0 Å². The number of unbranched alkanes of at least 4 members (excludes halogenated alkanes) is 1. The lowest BCUT2D eigenvalue weighted by molar-refractivity contribution is 0.724. The average Bonchev–Trinajstić information content (AvgIpc) is 1.61. The first-order valence-electron chi connectivity index (χ1n) is 2.34. The fourth-order valence-electron chi connectivity index (χ4n) is 0.270. The zero-order chi connectivity index (χ0) is 4.83. The van der Waals surface area contributed by atoms with E-state index in [1.54, 1.807) is 0 Å². The molecule has 0 aromatic rings. The lowest BCUT2D eigenvalue weighted by Crippen LogP contribution is -1.93. The first-order chi connectivity index (χ1) is 2.91. The van der Waals surface area contributed by atoms with Crippen LogP contribution in [0.2, 0.25) is 0 Å². The predicted molar refractivity (Wildman–Crippen MR) is 27.3 cm³/mol. The Balaban J connectivity index is 2.34. The lowest BCUT2D eigenvalue weighted by atomic mass is 10.3. The Kier molecular flexibility index (Phi) is 4.93. The van der Waals surface area contributed by atoms with Gasteiger partial charge in [-0.2, -0.15) is 0 Å². The normalized spacial score (nSPS) is 9.00. The predicted octanol–water partition coefficient (Wildman–Crippen LogP) is 1.18. The van der Waals surface area contributed by atoms with E-state index in [9.17, 15) is 0 Å². The number of hydrogen-bond acceptors (Lipinski definition) is 0. The third-order valence-electron chi connectivity index (χ3n) is 0.670. The Hall–Kier alpha value is -0.0400. The summed E-state index contributed by atoms with van der Waals surface area (Å²) in [4.78, 5) is 0. The standard InChI is InChI=1S/C5H11N/c1-3-4-5-6-2/h2-5H2,1H3/q-1. The van der Waals surface area contributed by atoms with Crippen molar-refractivity contribution < 1.29 is 0 Å². The molecule has 0 amide bonds. The van der Waals surface area contributed by atoms with Gasteiger partial charge in [0.15, 0.2) is 0 Å². The minimum Gasteiger partial charge on any atom is -0.424 e. The van der Waals surface area contributed by atoms with Crippen LogP contribution in [-0.4, -0.2) is 6.54 Å². The van der Waals surface area contributed by atoms with Gasteiger partial charge in [0.25, 0.3) is 0 Å². The number of nitrogens with zero attached hydrogens (tertiary/aromatic N) is 1. The van der Waals surface area contributed by atoms with Crippen molar-refractivity contribution in [3.8, 4) is 0 Å². The molecule has 0 saturated carbocycles. The second kappa shape index (κ2) is 4.96. The van der Waals surface area contributed by atoms with Gasteiger partial charge < -0.3 is 5.32 Å². The minimum absolute atomic E-state index is 0.927. The summed E-state index contributed by atoms with van der Waals surface area (Å²) in [5, 5.41) is 3.68. The zero-order valence-electron chi connectivity index (χ0n) is 4.28. The Morgan fingerprint density at radius 2 is 2.33 bits per heavy atom. The lowest BCUT2D eigenvalue weighted by Gasteiger charge is -1.95. The van der Waals surface area contributed by atoms with E-state index in [0.717, 1.165) is 6.54 Å². The highest BCUT2D eigenvalue weighted by Crippen LogP contribution is 1.80. The zero-order valence-corrected chi connectivity index (χ0v) is 4.28. The first-order valence-corrected chi connectivity index (χ1v) is 2.34. The number of rotatable bonds is 3. The molecule has 0 N–H and O–H groups in total. The van der Waals surface area contributed by atoms with Gasteiger partial charge in [-0.3, -0.25) is 7.05 Å². The maximum absolute atomic E-state index is 3.68. The van der Waals surface area contributed by atoms with E-state index in [1.807, 2.05) is 0 Å². The van der Waals surface area contributed by atoms with E-state index < -0.39 is 0 Å². The topological polar surface area (TPSA) is 14.1 Å². The molecule has 0 aromatic carbocycles. The monoisotopic (exact) mass is 85.1 g/mol. The van der Waals surface area contributed by atoms with Gasteiger partial charge in [0.2, 0.25) is 0 Å². The van der Waals surface area contributed by atoms with Crippen molar-refractivity contribution in [3.63, 3.8) is 0 Å². The van der Waals surface area contributed by atoms with Crippen LogP contribution in [0.1, 0.15) is 19.8 Å². The van der Waals surface area contributed by atoms with Gasteiger partial charge in [0.05, 0.1) is 0 Å². The van der Waals surface area contributed by atoms with Crippen molar-refractivity contribution in [2.45, 2.75) is 19.8 Å². The van der Waals surface area contributed by atoms with Crippen LogP contribution in [0.5, 0.6) is 0 Å². The van der Waals surface area contributed by atoms with Crippen LogP contribution < -0.4 is 5.32 Å². The second-order valence-electron chi connectivity index (χ2n) is 1.30. The summed E-state index contributed by atoms with van der Waals surface area (Å²) in [5.74, 6) is 0. The molecular formula is C5H11N-. The van der Waals surface area contributed by atoms with Gasteiger partial charge in [-0.1, -0.05) is 13.3 Å². The highest BCUT2D eigenvalue weighted by atomic mass is 14.8. The molecule has 0 rings (SSSR count). The van der Waals surface area contributed by atoms with E-state index in [-0.39, 0.29) is 0 Å². The second-order valence-corrected chi connectivity index (χ2v) is 1.30. The Morgan fingerprint density at radius 1 is 1.67 bits per heavy atom. The molecule has 0 aliphatic rings. The van der Waals surface area contributed by atoms with E-state index in [0.29, 0.717) is 0 Å². The Morgan fingerprint density at radius 3 is 2.50 bits per heavy atom. The maximum atomic E-state index is 3.68. The Labute approximate surface area is 39.7 Å². The molecule has 0 aromatic heterocycles. The largest absolute Gasteiger partial charge is 0.424 e. The van der Waals surface area contributed by atoms with Gasteiger partial charge in [0, 0.05) is 0 Å². The molecule has 0 bridgehead atoms.